The van der Waals surface area contributed by atoms with Gasteiger partial charge in [0.05, 0.1) is 5.69 Å². The number of hydrogen-bond donors (Lipinski definition) is 1. The van der Waals surface area contributed by atoms with Crippen LogP contribution in [0.2, 0.25) is 0 Å². The maximum Gasteiger partial charge on any atom is 0.203 e. The van der Waals surface area contributed by atoms with Gasteiger partial charge in [0.1, 0.15) is 0 Å². The first kappa shape index (κ1) is 11.1. The molecule has 3 heteroatoms. The zero-order valence-electron chi connectivity index (χ0n) is 10.0. The van der Waals surface area contributed by atoms with Crippen LogP contribution in [0.5, 0.6) is 0 Å². The Bertz CT molecular complexity index is 305. The van der Waals surface area contributed by atoms with Crippen LogP contribution in [0.25, 0.3) is 0 Å². The van der Waals surface area contributed by atoms with E-state index in [-0.39, 0.29) is 5.54 Å². The summed E-state index contributed by atoms with van der Waals surface area (Å²) >= 11 is 0. The molecule has 0 aromatic carbocycles. The first-order chi connectivity index (χ1) is 6.29. The predicted octanol–water partition coefficient (Wildman–Crippen LogP) is 2.98. The lowest BCUT2D eigenvalue weighted by Crippen LogP contribution is -2.28. The van der Waals surface area contributed by atoms with E-state index in [1.807, 2.05) is 6.92 Å². The monoisotopic (exact) mass is 195 g/mol. The summed E-state index contributed by atoms with van der Waals surface area (Å²) < 4.78 is 2.17. The molecule has 0 aliphatic carbocycles. The SMILES string of the molecule is Cc1cn(C(C)C)c(NC(C)(C)C)n1. The van der Waals surface area contributed by atoms with Gasteiger partial charge in [-0.25, -0.2) is 4.98 Å². The van der Waals surface area contributed by atoms with E-state index in [2.05, 4.69) is 55.7 Å². The molecule has 1 N–H and O–H groups in total. The van der Waals surface area contributed by atoms with Crippen LogP contribution in [-0.4, -0.2) is 15.1 Å². The van der Waals surface area contributed by atoms with Crippen molar-refractivity contribution in [3.63, 3.8) is 0 Å². The summed E-state index contributed by atoms with van der Waals surface area (Å²) in [6, 6.07) is 0.445. The van der Waals surface area contributed by atoms with Crippen molar-refractivity contribution in [1.29, 1.82) is 0 Å². The van der Waals surface area contributed by atoms with Gasteiger partial charge in [-0.15, -0.1) is 0 Å². The zero-order valence-corrected chi connectivity index (χ0v) is 10.0. The maximum absolute atomic E-state index is 4.47. The third kappa shape index (κ3) is 2.76. The average Bonchev–Trinajstić information content (AvgIpc) is 2.27. The molecule has 0 atom stereocenters. The highest BCUT2D eigenvalue weighted by atomic mass is 15.2. The van der Waals surface area contributed by atoms with Gasteiger partial charge in [-0.05, 0) is 41.5 Å². The number of aryl methyl sites for hydroxylation is 1. The van der Waals surface area contributed by atoms with Crippen LogP contribution < -0.4 is 5.32 Å². The molecule has 1 heterocycles. The van der Waals surface area contributed by atoms with Crippen LogP contribution in [-0.2, 0) is 0 Å². The molecular formula is C11H21N3. The van der Waals surface area contributed by atoms with Crippen molar-refractivity contribution in [1.82, 2.24) is 9.55 Å². The van der Waals surface area contributed by atoms with Crippen LogP contribution in [0.1, 0.15) is 46.4 Å². The van der Waals surface area contributed by atoms with E-state index in [0.717, 1.165) is 11.6 Å². The van der Waals surface area contributed by atoms with Gasteiger partial charge in [-0.3, -0.25) is 0 Å². The molecule has 0 fully saturated rings. The summed E-state index contributed by atoms with van der Waals surface area (Å²) in [5, 5.41) is 3.40. The Morgan fingerprint density at radius 2 is 1.93 bits per heavy atom. The molecule has 0 unspecified atom stereocenters. The van der Waals surface area contributed by atoms with Crippen LogP contribution in [0, 0.1) is 6.92 Å². The Morgan fingerprint density at radius 3 is 2.36 bits per heavy atom. The first-order valence-corrected chi connectivity index (χ1v) is 5.13. The van der Waals surface area contributed by atoms with Crippen LogP contribution in [0.15, 0.2) is 6.20 Å². The second-order valence-corrected chi connectivity index (χ2v) is 5.08. The predicted molar refractivity (Wildman–Crippen MR) is 60.7 cm³/mol. The van der Waals surface area contributed by atoms with Gasteiger partial charge in [0.2, 0.25) is 5.95 Å². The molecule has 1 rings (SSSR count). The second-order valence-electron chi connectivity index (χ2n) is 5.08. The number of nitrogens with one attached hydrogen (secondary N) is 1. The number of hydrogen-bond acceptors (Lipinski definition) is 2. The lowest BCUT2D eigenvalue weighted by atomic mass is 10.1. The fourth-order valence-electron chi connectivity index (χ4n) is 1.34. The summed E-state index contributed by atoms with van der Waals surface area (Å²) in [4.78, 5) is 4.47. The Labute approximate surface area is 86.5 Å². The third-order valence-electron chi connectivity index (χ3n) is 1.90. The number of anilines is 1. The minimum absolute atomic E-state index is 0.0600. The van der Waals surface area contributed by atoms with Gasteiger partial charge in [0, 0.05) is 17.8 Å². The van der Waals surface area contributed by atoms with Gasteiger partial charge < -0.3 is 9.88 Å². The molecule has 1 aromatic heterocycles. The number of imidazole rings is 1. The van der Waals surface area contributed by atoms with Gasteiger partial charge >= 0.3 is 0 Å². The van der Waals surface area contributed by atoms with Crippen molar-refractivity contribution in [3.8, 4) is 0 Å². The molecular weight excluding hydrogens is 174 g/mol. The average molecular weight is 195 g/mol. The van der Waals surface area contributed by atoms with E-state index in [9.17, 15) is 0 Å². The minimum Gasteiger partial charge on any atom is -0.351 e. The van der Waals surface area contributed by atoms with Gasteiger partial charge in [0.25, 0.3) is 0 Å². The second kappa shape index (κ2) is 3.64. The van der Waals surface area contributed by atoms with E-state index in [1.165, 1.54) is 0 Å². The Kier molecular flexibility index (Phi) is 2.88. The standard InChI is InChI=1S/C11H21N3/c1-8(2)14-7-9(3)12-10(14)13-11(4,5)6/h7-8H,1-6H3,(H,12,13). The Morgan fingerprint density at radius 1 is 1.36 bits per heavy atom. The molecule has 0 radical (unpaired) electrons. The highest BCUT2D eigenvalue weighted by molar-refractivity contribution is 5.32. The minimum atomic E-state index is 0.0600. The molecule has 0 aliphatic heterocycles. The van der Waals surface area contributed by atoms with Gasteiger partial charge in [0.15, 0.2) is 0 Å². The van der Waals surface area contributed by atoms with Crippen molar-refractivity contribution < 1.29 is 0 Å². The van der Waals surface area contributed by atoms with E-state index in [1.54, 1.807) is 0 Å². The molecule has 80 valence electrons. The molecule has 3 nitrogen and oxygen atoms in total. The normalized spacial score (nSPS) is 12.2. The molecule has 1 aromatic rings. The highest BCUT2D eigenvalue weighted by Gasteiger charge is 2.15. The number of aromatic nitrogens is 2. The molecule has 0 spiro atoms. The van der Waals surface area contributed by atoms with Crippen molar-refractivity contribution in [2.75, 3.05) is 5.32 Å². The number of nitrogens with zero attached hydrogens (tertiary/aromatic N) is 2. The van der Waals surface area contributed by atoms with Crippen molar-refractivity contribution in [2.45, 2.75) is 53.1 Å². The van der Waals surface area contributed by atoms with E-state index in [4.69, 9.17) is 0 Å². The molecule has 0 amide bonds. The number of rotatable bonds is 2. The summed E-state index contributed by atoms with van der Waals surface area (Å²) in [5.74, 6) is 0.963. The fraction of sp³-hybridized carbons (Fsp3) is 0.727. The molecule has 0 bridgehead atoms. The van der Waals surface area contributed by atoms with Crippen molar-refractivity contribution >= 4 is 5.95 Å². The van der Waals surface area contributed by atoms with E-state index in [0.29, 0.717) is 6.04 Å². The Hall–Kier alpha value is -0.990. The van der Waals surface area contributed by atoms with Crippen LogP contribution >= 0.6 is 0 Å². The largest absolute Gasteiger partial charge is 0.351 e. The summed E-state index contributed by atoms with van der Waals surface area (Å²) in [6.45, 7) is 12.8. The first-order valence-electron chi connectivity index (χ1n) is 5.13. The van der Waals surface area contributed by atoms with E-state index >= 15 is 0 Å². The van der Waals surface area contributed by atoms with Gasteiger partial charge in [-0.1, -0.05) is 0 Å². The van der Waals surface area contributed by atoms with Crippen LogP contribution in [0.4, 0.5) is 5.95 Å². The molecule has 0 saturated heterocycles. The highest BCUT2D eigenvalue weighted by Crippen LogP contribution is 2.18. The summed E-state index contributed by atoms with van der Waals surface area (Å²) in [7, 11) is 0. The molecule has 0 saturated carbocycles. The Balaban J connectivity index is 2.96. The van der Waals surface area contributed by atoms with Crippen molar-refractivity contribution in [3.05, 3.63) is 11.9 Å². The topological polar surface area (TPSA) is 29.9 Å². The maximum atomic E-state index is 4.47. The fourth-order valence-corrected chi connectivity index (χ4v) is 1.34. The smallest absolute Gasteiger partial charge is 0.203 e. The zero-order chi connectivity index (χ0) is 10.9. The quantitative estimate of drug-likeness (QED) is 0.786. The third-order valence-corrected chi connectivity index (χ3v) is 1.90. The lowest BCUT2D eigenvalue weighted by Gasteiger charge is -2.23. The van der Waals surface area contributed by atoms with Crippen molar-refractivity contribution in [2.24, 2.45) is 0 Å². The molecule has 14 heavy (non-hydrogen) atoms. The molecule has 0 aliphatic rings. The van der Waals surface area contributed by atoms with Gasteiger partial charge in [-0.2, -0.15) is 0 Å². The van der Waals surface area contributed by atoms with Crippen LogP contribution in [0.3, 0.4) is 0 Å². The summed E-state index contributed by atoms with van der Waals surface area (Å²) in [5.41, 5.74) is 1.12. The lowest BCUT2D eigenvalue weighted by molar-refractivity contribution is 0.572. The summed E-state index contributed by atoms with van der Waals surface area (Å²) in [6.07, 6.45) is 2.08. The van der Waals surface area contributed by atoms with E-state index < -0.39 is 0 Å².